The lowest BCUT2D eigenvalue weighted by Crippen LogP contribution is -2.22. The number of nitrogens with one attached hydrogen (secondary N) is 1. The third-order valence-corrected chi connectivity index (χ3v) is 3.14. The minimum absolute atomic E-state index is 0.124. The van der Waals surface area contributed by atoms with Crippen molar-refractivity contribution in [1.29, 1.82) is 0 Å². The Labute approximate surface area is 96.5 Å². The summed E-state index contributed by atoms with van der Waals surface area (Å²) in [6.07, 6.45) is 3.40. The van der Waals surface area contributed by atoms with Gasteiger partial charge in [0.25, 0.3) is 0 Å². The Morgan fingerprint density at radius 1 is 1.38 bits per heavy atom. The molecule has 3 heteroatoms. The first-order chi connectivity index (χ1) is 7.81. The van der Waals surface area contributed by atoms with Gasteiger partial charge in [-0.15, -0.1) is 0 Å². The minimum Gasteiger partial charge on any atom is -0.371 e. The molecule has 0 aromatic heterocycles. The fraction of sp³-hybridized carbons (Fsp3) is 0.538. The fourth-order valence-electron chi connectivity index (χ4n) is 2.26. The van der Waals surface area contributed by atoms with E-state index in [0.29, 0.717) is 0 Å². The molecule has 1 aliphatic heterocycles. The Morgan fingerprint density at radius 3 is 3.06 bits per heavy atom. The van der Waals surface area contributed by atoms with E-state index in [0.717, 1.165) is 38.2 Å². The van der Waals surface area contributed by atoms with Crippen molar-refractivity contribution in [3.63, 3.8) is 0 Å². The van der Waals surface area contributed by atoms with Gasteiger partial charge in [0.1, 0.15) is 5.82 Å². The summed E-state index contributed by atoms with van der Waals surface area (Å²) in [5.74, 6) is -0.124. The summed E-state index contributed by atoms with van der Waals surface area (Å²) in [5, 5.41) is 3.14. The monoisotopic (exact) mass is 222 g/mol. The second kappa shape index (κ2) is 5.30. The molecule has 0 saturated carbocycles. The summed E-state index contributed by atoms with van der Waals surface area (Å²) in [6, 6.07) is 5.14. The van der Waals surface area contributed by atoms with E-state index in [1.807, 2.05) is 13.1 Å². The first-order valence-corrected chi connectivity index (χ1v) is 5.99. The van der Waals surface area contributed by atoms with E-state index in [9.17, 15) is 4.39 Å². The second-order valence-electron chi connectivity index (χ2n) is 4.32. The zero-order valence-corrected chi connectivity index (χ0v) is 9.80. The second-order valence-corrected chi connectivity index (χ2v) is 4.32. The molecule has 0 radical (unpaired) electrons. The maximum atomic E-state index is 13.1. The molecule has 1 aromatic carbocycles. The van der Waals surface area contributed by atoms with Crippen LogP contribution in [0.25, 0.3) is 0 Å². The average molecular weight is 222 g/mol. The highest BCUT2D eigenvalue weighted by molar-refractivity contribution is 5.57. The van der Waals surface area contributed by atoms with Gasteiger partial charge >= 0.3 is 0 Å². The summed E-state index contributed by atoms with van der Waals surface area (Å²) in [6.45, 7) is 3.14. The SMILES string of the molecule is CNCCCCN1CCc2ccc(F)cc21. The van der Waals surface area contributed by atoms with Gasteiger partial charge < -0.3 is 10.2 Å². The number of nitrogens with zero attached hydrogens (tertiary/aromatic N) is 1. The number of anilines is 1. The van der Waals surface area contributed by atoms with Crippen molar-refractivity contribution in [3.8, 4) is 0 Å². The molecule has 16 heavy (non-hydrogen) atoms. The molecular weight excluding hydrogens is 203 g/mol. The van der Waals surface area contributed by atoms with Crippen molar-refractivity contribution >= 4 is 5.69 Å². The Balaban J connectivity index is 1.92. The van der Waals surface area contributed by atoms with Crippen LogP contribution in [0.2, 0.25) is 0 Å². The highest BCUT2D eigenvalue weighted by Gasteiger charge is 2.18. The largest absolute Gasteiger partial charge is 0.371 e. The van der Waals surface area contributed by atoms with Crippen molar-refractivity contribution < 1.29 is 4.39 Å². The molecule has 0 fully saturated rings. The Hall–Kier alpha value is -1.09. The molecule has 0 spiro atoms. The van der Waals surface area contributed by atoms with Gasteiger partial charge in [0, 0.05) is 18.8 Å². The summed E-state index contributed by atoms with van der Waals surface area (Å²) >= 11 is 0. The average Bonchev–Trinajstić information content (AvgIpc) is 2.67. The number of unbranched alkanes of at least 4 members (excludes halogenated alkanes) is 1. The molecule has 1 heterocycles. The molecule has 0 saturated heterocycles. The van der Waals surface area contributed by atoms with E-state index in [-0.39, 0.29) is 5.82 Å². The zero-order valence-electron chi connectivity index (χ0n) is 9.80. The van der Waals surface area contributed by atoms with Crippen LogP contribution in [0.15, 0.2) is 18.2 Å². The van der Waals surface area contributed by atoms with Crippen LogP contribution in [0, 0.1) is 5.82 Å². The van der Waals surface area contributed by atoms with E-state index in [1.165, 1.54) is 12.0 Å². The number of rotatable bonds is 5. The van der Waals surface area contributed by atoms with Gasteiger partial charge in [-0.1, -0.05) is 6.07 Å². The molecule has 1 aromatic rings. The number of benzene rings is 1. The number of hydrogen-bond acceptors (Lipinski definition) is 2. The lowest BCUT2D eigenvalue weighted by atomic mass is 10.1. The van der Waals surface area contributed by atoms with Crippen LogP contribution in [0.4, 0.5) is 10.1 Å². The predicted octanol–water partition coefficient (Wildman–Crippen LogP) is 2.19. The van der Waals surface area contributed by atoms with Crippen LogP contribution in [0.3, 0.4) is 0 Å². The molecule has 88 valence electrons. The van der Waals surface area contributed by atoms with Crippen LogP contribution in [-0.2, 0) is 6.42 Å². The fourth-order valence-corrected chi connectivity index (χ4v) is 2.26. The lowest BCUT2D eigenvalue weighted by Gasteiger charge is -2.19. The highest BCUT2D eigenvalue weighted by Crippen LogP contribution is 2.28. The van der Waals surface area contributed by atoms with Crippen LogP contribution >= 0.6 is 0 Å². The summed E-state index contributed by atoms with van der Waals surface area (Å²) < 4.78 is 13.1. The summed E-state index contributed by atoms with van der Waals surface area (Å²) in [7, 11) is 1.97. The Morgan fingerprint density at radius 2 is 2.25 bits per heavy atom. The van der Waals surface area contributed by atoms with E-state index in [1.54, 1.807) is 12.1 Å². The van der Waals surface area contributed by atoms with Gasteiger partial charge in [0.05, 0.1) is 0 Å². The highest BCUT2D eigenvalue weighted by atomic mass is 19.1. The van der Waals surface area contributed by atoms with Gasteiger partial charge in [0.15, 0.2) is 0 Å². The van der Waals surface area contributed by atoms with Crippen molar-refractivity contribution in [1.82, 2.24) is 5.32 Å². The molecule has 1 aliphatic rings. The van der Waals surface area contributed by atoms with Gasteiger partial charge in [-0.3, -0.25) is 0 Å². The van der Waals surface area contributed by atoms with E-state index < -0.39 is 0 Å². The Kier molecular flexibility index (Phi) is 3.78. The molecule has 2 nitrogen and oxygen atoms in total. The molecule has 0 aliphatic carbocycles. The molecule has 0 bridgehead atoms. The normalized spacial score (nSPS) is 14.2. The molecule has 0 atom stereocenters. The minimum atomic E-state index is -0.124. The van der Waals surface area contributed by atoms with Crippen molar-refractivity contribution in [2.45, 2.75) is 19.3 Å². The van der Waals surface area contributed by atoms with Crippen LogP contribution in [-0.4, -0.2) is 26.7 Å². The number of halogens is 1. The predicted molar refractivity (Wildman–Crippen MR) is 65.5 cm³/mol. The van der Waals surface area contributed by atoms with E-state index in [4.69, 9.17) is 0 Å². The van der Waals surface area contributed by atoms with Crippen molar-refractivity contribution in [3.05, 3.63) is 29.6 Å². The number of hydrogen-bond donors (Lipinski definition) is 1. The summed E-state index contributed by atoms with van der Waals surface area (Å²) in [5.41, 5.74) is 2.39. The molecule has 1 N–H and O–H groups in total. The van der Waals surface area contributed by atoms with Gasteiger partial charge in [-0.25, -0.2) is 4.39 Å². The van der Waals surface area contributed by atoms with Crippen LogP contribution < -0.4 is 10.2 Å². The lowest BCUT2D eigenvalue weighted by molar-refractivity contribution is 0.626. The third-order valence-electron chi connectivity index (χ3n) is 3.14. The van der Waals surface area contributed by atoms with Crippen LogP contribution in [0.1, 0.15) is 18.4 Å². The standard InChI is InChI=1S/C13H19FN2/c1-15-7-2-3-8-16-9-6-11-4-5-12(14)10-13(11)16/h4-5,10,15H,2-3,6-9H2,1H3. The van der Waals surface area contributed by atoms with Crippen molar-refractivity contribution in [2.24, 2.45) is 0 Å². The summed E-state index contributed by atoms with van der Waals surface area (Å²) in [4.78, 5) is 2.30. The van der Waals surface area contributed by atoms with E-state index >= 15 is 0 Å². The molecular formula is C13H19FN2. The molecule has 0 amide bonds. The maximum absolute atomic E-state index is 13.1. The molecule has 2 rings (SSSR count). The quantitative estimate of drug-likeness (QED) is 0.768. The number of fused-ring (bicyclic) bond motifs is 1. The maximum Gasteiger partial charge on any atom is 0.125 e. The first-order valence-electron chi connectivity index (χ1n) is 5.99. The third kappa shape index (κ3) is 2.53. The zero-order chi connectivity index (χ0) is 11.4. The van der Waals surface area contributed by atoms with Crippen LogP contribution in [0.5, 0.6) is 0 Å². The van der Waals surface area contributed by atoms with Gasteiger partial charge in [0.2, 0.25) is 0 Å². The first kappa shape index (κ1) is 11.4. The van der Waals surface area contributed by atoms with E-state index in [2.05, 4.69) is 10.2 Å². The Bertz CT molecular complexity index is 352. The van der Waals surface area contributed by atoms with Gasteiger partial charge in [-0.2, -0.15) is 0 Å². The smallest absolute Gasteiger partial charge is 0.125 e. The topological polar surface area (TPSA) is 15.3 Å². The van der Waals surface area contributed by atoms with Crippen molar-refractivity contribution in [2.75, 3.05) is 31.6 Å². The van der Waals surface area contributed by atoms with Gasteiger partial charge in [-0.05, 0) is 50.6 Å². The molecule has 0 unspecified atom stereocenters.